The lowest BCUT2D eigenvalue weighted by atomic mass is 9.91. The van der Waals surface area contributed by atoms with E-state index in [2.05, 4.69) is 15.5 Å². The Morgan fingerprint density at radius 2 is 1.52 bits per heavy atom. The van der Waals surface area contributed by atoms with Crippen LogP contribution in [-0.4, -0.2) is 87.3 Å². The first kappa shape index (κ1) is 48.6. The number of carbonyl (C=O) groups is 5. The lowest BCUT2D eigenvalue weighted by Crippen LogP contribution is -2.58. The lowest BCUT2D eigenvalue weighted by Gasteiger charge is -2.40. The first-order valence-electron chi connectivity index (χ1n) is 22.3. The van der Waals surface area contributed by atoms with Crippen molar-refractivity contribution < 1.29 is 33.8 Å². The van der Waals surface area contributed by atoms with Crippen molar-refractivity contribution in [3.05, 3.63) is 112 Å². The smallest absolute Gasteiger partial charge is 0.306 e. The molecular formula is C50H65N5O7S. The number of piperidine rings is 1. The number of nitrogens with one attached hydrogen (secondary N) is 2. The van der Waals surface area contributed by atoms with Crippen molar-refractivity contribution in [2.75, 3.05) is 13.6 Å². The number of carboxylic acids is 1. The van der Waals surface area contributed by atoms with Gasteiger partial charge in [0.2, 0.25) is 11.8 Å². The van der Waals surface area contributed by atoms with E-state index in [1.807, 2.05) is 125 Å². The zero-order valence-electron chi connectivity index (χ0n) is 37.8. The molecule has 0 bridgehead atoms. The fraction of sp³-hybridized carbons (Fsp3) is 0.480. The van der Waals surface area contributed by atoms with Crippen molar-refractivity contribution in [1.82, 2.24) is 25.4 Å². The van der Waals surface area contributed by atoms with E-state index in [0.29, 0.717) is 17.8 Å². The van der Waals surface area contributed by atoms with Crippen molar-refractivity contribution in [2.45, 2.75) is 123 Å². The largest absolute Gasteiger partial charge is 0.481 e. The minimum Gasteiger partial charge on any atom is -0.481 e. The van der Waals surface area contributed by atoms with Gasteiger partial charge < -0.3 is 25.4 Å². The third-order valence-electron chi connectivity index (χ3n) is 12.2. The average molecular weight is 880 g/mol. The minimum atomic E-state index is -0.956. The molecule has 1 fully saturated rings. The Morgan fingerprint density at radius 1 is 0.873 bits per heavy atom. The van der Waals surface area contributed by atoms with Crippen LogP contribution in [0.4, 0.5) is 0 Å². The molecule has 7 atom stereocenters. The van der Waals surface area contributed by atoms with Gasteiger partial charge >= 0.3 is 11.9 Å². The molecule has 13 heteroatoms. The number of carboxylic acid groups (broad SMARTS) is 1. The van der Waals surface area contributed by atoms with Gasteiger partial charge in [0.25, 0.3) is 5.91 Å². The summed E-state index contributed by atoms with van der Waals surface area (Å²) in [6.07, 6.45) is 3.27. The van der Waals surface area contributed by atoms with E-state index in [4.69, 9.17) is 9.72 Å². The van der Waals surface area contributed by atoms with Gasteiger partial charge in [0, 0.05) is 37.4 Å². The van der Waals surface area contributed by atoms with Crippen LogP contribution in [0.1, 0.15) is 113 Å². The summed E-state index contributed by atoms with van der Waals surface area (Å²) >= 11 is 1.19. The highest BCUT2D eigenvalue weighted by atomic mass is 32.1. The maximum Gasteiger partial charge on any atom is 0.306 e. The molecule has 0 aliphatic carbocycles. The maximum atomic E-state index is 15.0. The van der Waals surface area contributed by atoms with Crippen LogP contribution in [0.15, 0.2) is 90.3 Å². The SMILES string of the molecule is CCC(C)C(NC(=O)C1CCCCN1C)C(=O)N(Cc1ccccc1)[C@H](C[C@@H](OC(C)=O)c1nc(C(=O)N[C@@H](Cc2ccc(-c3ccccc3)cc2)C[C@H](C)C(=O)O)cs1)C(C)C. The molecule has 3 amide bonds. The Bertz CT molecular complexity index is 2110. The Labute approximate surface area is 376 Å². The van der Waals surface area contributed by atoms with E-state index >= 15 is 4.79 Å². The van der Waals surface area contributed by atoms with Gasteiger partial charge in [-0.3, -0.25) is 28.9 Å². The first-order chi connectivity index (χ1) is 30.1. The number of rotatable bonds is 21. The molecule has 63 heavy (non-hydrogen) atoms. The molecule has 338 valence electrons. The summed E-state index contributed by atoms with van der Waals surface area (Å²) in [5, 5.41) is 18.0. The van der Waals surface area contributed by atoms with Gasteiger partial charge in [0.05, 0.1) is 12.0 Å². The summed E-state index contributed by atoms with van der Waals surface area (Å²) in [5.41, 5.74) is 4.10. The Morgan fingerprint density at radius 3 is 2.13 bits per heavy atom. The Kier molecular flexibility index (Phi) is 18.0. The number of thiazole rings is 1. The molecule has 4 aromatic rings. The summed E-state index contributed by atoms with van der Waals surface area (Å²) in [4.78, 5) is 76.0. The highest BCUT2D eigenvalue weighted by molar-refractivity contribution is 7.09. The fourth-order valence-corrected chi connectivity index (χ4v) is 9.14. The molecule has 3 aromatic carbocycles. The second kappa shape index (κ2) is 23.3. The molecule has 1 saturated heterocycles. The van der Waals surface area contributed by atoms with Crippen LogP contribution in [0.3, 0.4) is 0 Å². The number of amides is 3. The van der Waals surface area contributed by atoms with Gasteiger partial charge in [-0.1, -0.05) is 132 Å². The number of hydrogen-bond acceptors (Lipinski definition) is 9. The number of nitrogens with zero attached hydrogens (tertiary/aromatic N) is 3. The van der Waals surface area contributed by atoms with Crippen molar-refractivity contribution in [3.63, 3.8) is 0 Å². The number of likely N-dealkylation sites (tertiary alicyclic amines) is 1. The maximum absolute atomic E-state index is 15.0. The number of aliphatic carboxylic acids is 1. The van der Waals surface area contributed by atoms with E-state index in [-0.39, 0.29) is 54.8 Å². The molecule has 0 radical (unpaired) electrons. The summed E-state index contributed by atoms with van der Waals surface area (Å²) < 4.78 is 5.95. The van der Waals surface area contributed by atoms with Crippen LogP contribution in [0.2, 0.25) is 0 Å². The predicted molar refractivity (Wildman–Crippen MR) is 247 cm³/mol. The molecule has 5 rings (SSSR count). The van der Waals surface area contributed by atoms with Crippen LogP contribution in [-0.2, 0) is 36.9 Å². The average Bonchev–Trinajstić information content (AvgIpc) is 3.77. The monoisotopic (exact) mass is 879 g/mol. The topological polar surface area (TPSA) is 158 Å². The van der Waals surface area contributed by atoms with Crippen LogP contribution in [0.25, 0.3) is 11.1 Å². The van der Waals surface area contributed by atoms with Gasteiger partial charge in [-0.2, -0.15) is 0 Å². The van der Waals surface area contributed by atoms with Gasteiger partial charge in [-0.05, 0) is 73.4 Å². The van der Waals surface area contributed by atoms with Crippen LogP contribution in [0, 0.1) is 17.8 Å². The molecule has 0 saturated carbocycles. The Balaban J connectivity index is 1.40. The van der Waals surface area contributed by atoms with E-state index < -0.39 is 48.0 Å². The highest BCUT2D eigenvalue weighted by Crippen LogP contribution is 2.33. The van der Waals surface area contributed by atoms with Crippen molar-refractivity contribution in [2.24, 2.45) is 17.8 Å². The Hall–Kier alpha value is -5.40. The number of benzene rings is 3. The minimum absolute atomic E-state index is 0.116. The quantitative estimate of drug-likeness (QED) is 0.0700. The van der Waals surface area contributed by atoms with Gasteiger partial charge in [-0.15, -0.1) is 11.3 Å². The van der Waals surface area contributed by atoms with Crippen LogP contribution >= 0.6 is 11.3 Å². The molecule has 3 unspecified atom stereocenters. The van der Waals surface area contributed by atoms with Gasteiger partial charge in [0.1, 0.15) is 16.7 Å². The van der Waals surface area contributed by atoms with E-state index in [9.17, 15) is 24.3 Å². The number of likely N-dealkylation sites (N-methyl/N-ethyl adjacent to an activating group) is 1. The summed E-state index contributed by atoms with van der Waals surface area (Å²) in [7, 11) is 1.95. The van der Waals surface area contributed by atoms with E-state index in [0.717, 1.165) is 48.1 Å². The molecule has 1 aliphatic rings. The number of esters is 1. The number of aromatic nitrogens is 1. The lowest BCUT2D eigenvalue weighted by molar-refractivity contribution is -0.150. The third-order valence-corrected chi connectivity index (χ3v) is 13.2. The van der Waals surface area contributed by atoms with E-state index in [1.54, 1.807) is 12.3 Å². The van der Waals surface area contributed by atoms with Gasteiger partial charge in [-0.25, -0.2) is 4.98 Å². The fourth-order valence-electron chi connectivity index (χ4n) is 8.30. The van der Waals surface area contributed by atoms with Crippen molar-refractivity contribution >= 4 is 41.0 Å². The molecule has 3 N–H and O–H groups in total. The second-order valence-electron chi connectivity index (χ2n) is 17.4. The number of hydrogen-bond donors (Lipinski definition) is 3. The number of ether oxygens (including phenoxy) is 1. The molecule has 0 spiro atoms. The predicted octanol–water partition coefficient (Wildman–Crippen LogP) is 8.32. The molecule has 2 heterocycles. The van der Waals surface area contributed by atoms with Crippen molar-refractivity contribution in [1.29, 1.82) is 0 Å². The normalized spacial score (nSPS) is 17.1. The highest BCUT2D eigenvalue weighted by Gasteiger charge is 2.39. The molecule has 1 aliphatic heterocycles. The molecule has 1 aromatic heterocycles. The first-order valence-corrected chi connectivity index (χ1v) is 23.2. The van der Waals surface area contributed by atoms with Gasteiger partial charge in [0.15, 0.2) is 6.10 Å². The second-order valence-corrected chi connectivity index (χ2v) is 18.3. The van der Waals surface area contributed by atoms with Crippen LogP contribution in [0.5, 0.6) is 0 Å². The number of carbonyl (C=O) groups excluding carboxylic acids is 4. The summed E-state index contributed by atoms with van der Waals surface area (Å²) in [6.45, 7) is 12.1. The zero-order valence-corrected chi connectivity index (χ0v) is 38.6. The molecule has 12 nitrogen and oxygen atoms in total. The summed E-state index contributed by atoms with van der Waals surface area (Å²) in [6, 6.07) is 25.6. The third kappa shape index (κ3) is 13.8. The standard InChI is InChI=1S/C50H65N5O7S/c1-8-33(4)45(53-47(58)42-21-15-16-26-54(42)7)49(59)55(30-37-17-11-9-12-18-37)43(32(2)3)29-44(62-35(6)56)48-52-41(31-63-48)46(57)51-40(27-34(5)50(60)61)28-36-22-24-39(25-23-36)38-19-13-10-14-20-38/h9-14,17-20,22-25,31-34,40,42-45H,8,15-16,21,26-30H2,1-7H3,(H,51,57)(H,53,58)(H,60,61)/t33?,34-,40+,42?,43+,44+,45?/m0/s1. The summed E-state index contributed by atoms with van der Waals surface area (Å²) in [5.74, 6) is -3.32. The van der Waals surface area contributed by atoms with E-state index in [1.165, 1.54) is 18.3 Å². The zero-order chi connectivity index (χ0) is 45.6. The molecular weight excluding hydrogens is 815 g/mol. The van der Waals surface area contributed by atoms with Crippen LogP contribution < -0.4 is 10.6 Å². The van der Waals surface area contributed by atoms with Crippen molar-refractivity contribution in [3.8, 4) is 11.1 Å².